The maximum absolute atomic E-state index is 5.93. The average Bonchev–Trinajstić information content (AvgIpc) is 2.81. The normalized spacial score (nSPS) is 22.1. The third-order valence-electron chi connectivity index (χ3n) is 3.54. The molecule has 1 heterocycles. The van der Waals surface area contributed by atoms with Gasteiger partial charge in [-0.2, -0.15) is 0 Å². The van der Waals surface area contributed by atoms with Gasteiger partial charge < -0.3 is 5.73 Å². The maximum atomic E-state index is 5.93. The van der Waals surface area contributed by atoms with Gasteiger partial charge in [0.2, 0.25) is 0 Å². The van der Waals surface area contributed by atoms with Crippen LogP contribution in [-0.4, -0.2) is 30.0 Å². The van der Waals surface area contributed by atoms with E-state index < -0.39 is 0 Å². The van der Waals surface area contributed by atoms with Crippen LogP contribution in [0.1, 0.15) is 58.8 Å². The topological polar surface area (TPSA) is 41.6 Å². The quantitative estimate of drug-likeness (QED) is 0.504. The van der Waals surface area contributed by atoms with Crippen LogP contribution in [0.2, 0.25) is 0 Å². The first-order chi connectivity index (χ1) is 8.75. The number of rotatable bonds is 9. The van der Waals surface area contributed by atoms with Crippen molar-refractivity contribution in [2.24, 2.45) is 10.7 Å². The van der Waals surface area contributed by atoms with Gasteiger partial charge in [0.1, 0.15) is 6.17 Å². The van der Waals surface area contributed by atoms with Gasteiger partial charge >= 0.3 is 0 Å². The molecule has 0 bridgehead atoms. The van der Waals surface area contributed by atoms with Crippen molar-refractivity contribution in [2.45, 2.75) is 71.1 Å². The first-order valence-corrected chi connectivity index (χ1v) is 7.40. The van der Waals surface area contributed by atoms with Crippen molar-refractivity contribution in [1.29, 1.82) is 0 Å². The van der Waals surface area contributed by atoms with Crippen molar-refractivity contribution in [3.63, 3.8) is 0 Å². The second kappa shape index (κ2) is 9.29. The van der Waals surface area contributed by atoms with Gasteiger partial charge in [0.15, 0.2) is 0 Å². The van der Waals surface area contributed by atoms with E-state index in [1.807, 2.05) is 13.1 Å². The summed E-state index contributed by atoms with van der Waals surface area (Å²) < 4.78 is 0. The lowest BCUT2D eigenvalue weighted by molar-refractivity contribution is 0.182. The van der Waals surface area contributed by atoms with Crippen molar-refractivity contribution in [1.82, 2.24) is 4.90 Å². The lowest BCUT2D eigenvalue weighted by Crippen LogP contribution is -2.43. The Morgan fingerprint density at radius 2 is 2.06 bits per heavy atom. The van der Waals surface area contributed by atoms with Crippen molar-refractivity contribution in [3.05, 3.63) is 12.2 Å². The lowest BCUT2D eigenvalue weighted by Gasteiger charge is -2.26. The molecule has 0 radical (unpaired) electrons. The highest BCUT2D eigenvalue weighted by Crippen LogP contribution is 2.16. The first kappa shape index (κ1) is 15.4. The summed E-state index contributed by atoms with van der Waals surface area (Å²) in [5.74, 6) is 0. The highest BCUT2D eigenvalue weighted by atomic mass is 15.3. The van der Waals surface area contributed by atoms with Crippen LogP contribution < -0.4 is 5.73 Å². The standard InChI is InChI=1S/C15H29N3/c1-3-4-5-6-7-8-9-10-11-15-17-12-13-18(15)14(2)16/h3-4,12,14-15H,5-11,13,16H2,1-2H3/b4-3+. The highest BCUT2D eigenvalue weighted by Gasteiger charge is 2.22. The van der Waals surface area contributed by atoms with E-state index in [0.29, 0.717) is 6.17 Å². The summed E-state index contributed by atoms with van der Waals surface area (Å²) in [7, 11) is 0. The van der Waals surface area contributed by atoms with Crippen LogP contribution in [-0.2, 0) is 0 Å². The Labute approximate surface area is 112 Å². The van der Waals surface area contributed by atoms with Crippen LogP contribution in [0.3, 0.4) is 0 Å². The molecule has 104 valence electrons. The summed E-state index contributed by atoms with van der Waals surface area (Å²) in [6, 6.07) is 0. The Balaban J connectivity index is 1.99. The minimum absolute atomic E-state index is 0.123. The molecule has 18 heavy (non-hydrogen) atoms. The fraction of sp³-hybridized carbons (Fsp3) is 0.800. The monoisotopic (exact) mass is 251 g/mol. The molecular formula is C15H29N3. The summed E-state index contributed by atoms with van der Waals surface area (Å²) in [6.07, 6.45) is 15.9. The fourth-order valence-electron chi connectivity index (χ4n) is 2.43. The molecule has 2 N–H and O–H groups in total. The number of aliphatic imine (C=N–C) groups is 1. The van der Waals surface area contributed by atoms with Crippen molar-refractivity contribution < 1.29 is 0 Å². The van der Waals surface area contributed by atoms with E-state index >= 15 is 0 Å². The Morgan fingerprint density at radius 3 is 2.78 bits per heavy atom. The molecule has 0 fully saturated rings. The van der Waals surface area contributed by atoms with Crippen molar-refractivity contribution in [2.75, 3.05) is 6.54 Å². The Bertz CT molecular complexity index is 258. The highest BCUT2D eigenvalue weighted by molar-refractivity contribution is 5.62. The Hall–Kier alpha value is -0.670. The molecule has 0 aromatic rings. The average molecular weight is 251 g/mol. The van der Waals surface area contributed by atoms with E-state index in [-0.39, 0.29) is 6.17 Å². The van der Waals surface area contributed by atoms with Crippen molar-refractivity contribution >= 4 is 6.21 Å². The van der Waals surface area contributed by atoms with Gasteiger partial charge in [0.05, 0.1) is 6.17 Å². The molecule has 0 saturated carbocycles. The molecule has 0 saturated heterocycles. The predicted octanol–water partition coefficient (Wildman–Crippen LogP) is 3.31. The second-order valence-electron chi connectivity index (χ2n) is 5.16. The molecule has 0 aliphatic carbocycles. The molecule has 0 amide bonds. The number of unbranched alkanes of at least 4 members (excludes halogenated alkanes) is 5. The summed E-state index contributed by atoms with van der Waals surface area (Å²) in [6.45, 7) is 5.06. The number of nitrogens with two attached hydrogens (primary N) is 1. The molecule has 1 aliphatic rings. The summed E-state index contributed by atoms with van der Waals surface area (Å²) in [4.78, 5) is 6.78. The van der Waals surface area contributed by atoms with Gasteiger partial charge in [0.25, 0.3) is 0 Å². The van der Waals surface area contributed by atoms with Crippen LogP contribution in [0.25, 0.3) is 0 Å². The summed E-state index contributed by atoms with van der Waals surface area (Å²) >= 11 is 0. The van der Waals surface area contributed by atoms with Gasteiger partial charge in [-0.3, -0.25) is 9.89 Å². The van der Waals surface area contributed by atoms with Gasteiger partial charge in [-0.1, -0.05) is 31.4 Å². The van der Waals surface area contributed by atoms with Gasteiger partial charge in [-0.15, -0.1) is 0 Å². The largest absolute Gasteiger partial charge is 0.316 e. The molecule has 2 unspecified atom stereocenters. The maximum Gasteiger partial charge on any atom is 0.103 e. The first-order valence-electron chi connectivity index (χ1n) is 7.40. The predicted molar refractivity (Wildman–Crippen MR) is 79.8 cm³/mol. The molecular weight excluding hydrogens is 222 g/mol. The zero-order chi connectivity index (χ0) is 13.2. The molecule has 1 rings (SSSR count). The van der Waals surface area contributed by atoms with E-state index in [1.54, 1.807) is 0 Å². The molecule has 1 aliphatic heterocycles. The molecule has 3 heteroatoms. The number of nitrogens with zero attached hydrogens (tertiary/aromatic N) is 2. The van der Waals surface area contributed by atoms with Crippen LogP contribution in [0.5, 0.6) is 0 Å². The van der Waals surface area contributed by atoms with E-state index in [9.17, 15) is 0 Å². The smallest absolute Gasteiger partial charge is 0.103 e. The molecule has 2 atom stereocenters. The van der Waals surface area contributed by atoms with E-state index in [4.69, 9.17) is 5.73 Å². The minimum Gasteiger partial charge on any atom is -0.316 e. The molecule has 0 aromatic heterocycles. The van der Waals surface area contributed by atoms with Gasteiger partial charge in [-0.25, -0.2) is 0 Å². The Morgan fingerprint density at radius 1 is 1.33 bits per heavy atom. The van der Waals surface area contributed by atoms with E-state index in [1.165, 1.54) is 38.5 Å². The second-order valence-corrected chi connectivity index (χ2v) is 5.16. The fourth-order valence-corrected chi connectivity index (χ4v) is 2.43. The summed E-state index contributed by atoms with van der Waals surface area (Å²) in [5.41, 5.74) is 5.93. The van der Waals surface area contributed by atoms with Crippen LogP contribution in [0.15, 0.2) is 17.1 Å². The molecule has 0 aromatic carbocycles. The summed E-state index contributed by atoms with van der Waals surface area (Å²) in [5, 5.41) is 0. The van der Waals surface area contributed by atoms with Gasteiger partial charge in [-0.05, 0) is 39.5 Å². The number of allylic oxidation sites excluding steroid dienone is 2. The van der Waals surface area contributed by atoms with Gasteiger partial charge in [0, 0.05) is 12.8 Å². The number of hydrogen-bond acceptors (Lipinski definition) is 3. The van der Waals surface area contributed by atoms with E-state index in [0.717, 1.165) is 13.0 Å². The molecule has 3 nitrogen and oxygen atoms in total. The third-order valence-corrected chi connectivity index (χ3v) is 3.54. The third kappa shape index (κ3) is 5.78. The molecule has 0 spiro atoms. The number of hydrogen-bond donors (Lipinski definition) is 1. The van der Waals surface area contributed by atoms with E-state index in [2.05, 4.69) is 29.0 Å². The zero-order valence-electron chi connectivity index (χ0n) is 12.0. The van der Waals surface area contributed by atoms with Crippen molar-refractivity contribution in [3.8, 4) is 0 Å². The lowest BCUT2D eigenvalue weighted by atomic mass is 10.1. The minimum atomic E-state index is 0.123. The Kier molecular flexibility index (Phi) is 7.94. The van der Waals surface area contributed by atoms with Crippen LogP contribution in [0, 0.1) is 0 Å². The van der Waals surface area contributed by atoms with Crippen LogP contribution >= 0.6 is 0 Å². The zero-order valence-corrected chi connectivity index (χ0v) is 12.0. The SMILES string of the molecule is C/C=C/CCCCCCCC1N=CCN1C(C)N. The van der Waals surface area contributed by atoms with Crippen LogP contribution in [0.4, 0.5) is 0 Å².